The van der Waals surface area contributed by atoms with E-state index in [1.54, 1.807) is 36.4 Å². The Bertz CT molecular complexity index is 935. The molecule has 3 aromatic rings. The first kappa shape index (κ1) is 18.1. The zero-order valence-corrected chi connectivity index (χ0v) is 14.2. The number of carbonyl (C=O) groups is 2. The van der Waals surface area contributed by atoms with Crippen molar-refractivity contribution in [2.75, 3.05) is 5.32 Å². The minimum atomic E-state index is -0.975. The van der Waals surface area contributed by atoms with Gasteiger partial charge >= 0.3 is 5.97 Å². The molecule has 0 unspecified atom stereocenters. The van der Waals surface area contributed by atoms with E-state index in [9.17, 15) is 14.0 Å². The lowest BCUT2D eigenvalue weighted by Crippen LogP contribution is -2.11. The third kappa shape index (κ3) is 4.92. The van der Waals surface area contributed by atoms with Gasteiger partial charge in [-0.25, -0.2) is 9.18 Å². The number of ether oxygens (including phenoxy) is 1. The van der Waals surface area contributed by atoms with Crippen molar-refractivity contribution in [2.45, 2.75) is 6.61 Å². The van der Waals surface area contributed by atoms with Crippen molar-refractivity contribution >= 4 is 17.6 Å². The summed E-state index contributed by atoms with van der Waals surface area (Å²) < 4.78 is 18.5. The lowest BCUT2D eigenvalue weighted by Gasteiger charge is -2.08. The van der Waals surface area contributed by atoms with E-state index in [0.29, 0.717) is 17.0 Å². The summed E-state index contributed by atoms with van der Waals surface area (Å²) in [7, 11) is 0. The SMILES string of the molecule is O=C(O)c1ccc(COc2ccc(C(=O)Nc3ccc(F)cc3)cc2)cc1. The number of amides is 1. The van der Waals surface area contributed by atoms with Crippen molar-refractivity contribution in [2.24, 2.45) is 0 Å². The Balaban J connectivity index is 1.57. The molecule has 1 amide bonds. The Kier molecular flexibility index (Phi) is 5.47. The van der Waals surface area contributed by atoms with Gasteiger partial charge in [-0.15, -0.1) is 0 Å². The van der Waals surface area contributed by atoms with Crippen molar-refractivity contribution in [1.29, 1.82) is 0 Å². The highest BCUT2D eigenvalue weighted by Gasteiger charge is 2.07. The molecule has 27 heavy (non-hydrogen) atoms. The maximum atomic E-state index is 12.9. The van der Waals surface area contributed by atoms with Gasteiger partial charge in [-0.3, -0.25) is 4.79 Å². The molecule has 0 aromatic heterocycles. The summed E-state index contributed by atoms with van der Waals surface area (Å²) in [5.41, 5.74) is 2.00. The smallest absolute Gasteiger partial charge is 0.335 e. The van der Waals surface area contributed by atoms with Gasteiger partial charge in [0.1, 0.15) is 18.2 Å². The van der Waals surface area contributed by atoms with Gasteiger partial charge in [0.05, 0.1) is 5.56 Å². The van der Waals surface area contributed by atoms with Crippen LogP contribution in [0.4, 0.5) is 10.1 Å². The van der Waals surface area contributed by atoms with E-state index in [-0.39, 0.29) is 23.9 Å². The third-order valence-corrected chi connectivity index (χ3v) is 3.82. The summed E-state index contributed by atoms with van der Waals surface area (Å²) in [4.78, 5) is 23.0. The maximum absolute atomic E-state index is 12.9. The molecule has 3 rings (SSSR count). The van der Waals surface area contributed by atoms with E-state index in [1.807, 2.05) is 0 Å². The molecule has 0 heterocycles. The van der Waals surface area contributed by atoms with Gasteiger partial charge in [0.2, 0.25) is 0 Å². The number of benzene rings is 3. The molecule has 3 aromatic carbocycles. The average molecular weight is 365 g/mol. The van der Waals surface area contributed by atoms with Gasteiger partial charge in [-0.05, 0) is 66.2 Å². The van der Waals surface area contributed by atoms with E-state index in [2.05, 4.69) is 5.32 Å². The molecular weight excluding hydrogens is 349 g/mol. The summed E-state index contributed by atoms with van der Waals surface area (Å²) in [6, 6.07) is 18.5. The van der Waals surface area contributed by atoms with Crippen molar-refractivity contribution in [3.8, 4) is 5.75 Å². The molecule has 0 radical (unpaired) electrons. The third-order valence-electron chi connectivity index (χ3n) is 3.82. The molecule has 0 atom stereocenters. The Morgan fingerprint density at radius 1 is 0.852 bits per heavy atom. The highest BCUT2D eigenvalue weighted by molar-refractivity contribution is 6.04. The summed E-state index contributed by atoms with van der Waals surface area (Å²) in [5, 5.41) is 11.6. The number of halogens is 1. The molecule has 0 saturated heterocycles. The van der Waals surface area contributed by atoms with Crippen molar-refractivity contribution in [3.05, 3.63) is 95.3 Å². The lowest BCUT2D eigenvalue weighted by molar-refractivity contribution is 0.0696. The number of anilines is 1. The van der Waals surface area contributed by atoms with Crippen LogP contribution in [0, 0.1) is 5.82 Å². The van der Waals surface area contributed by atoms with Crippen LogP contribution in [0.1, 0.15) is 26.3 Å². The van der Waals surface area contributed by atoms with Gasteiger partial charge in [-0.2, -0.15) is 0 Å². The monoisotopic (exact) mass is 365 g/mol. The number of hydrogen-bond acceptors (Lipinski definition) is 3. The second-order valence-corrected chi connectivity index (χ2v) is 5.78. The van der Waals surface area contributed by atoms with Crippen molar-refractivity contribution in [3.63, 3.8) is 0 Å². The highest BCUT2D eigenvalue weighted by Crippen LogP contribution is 2.16. The standard InChI is InChI=1S/C21H16FNO4/c22-17-7-9-18(10-8-17)23-20(24)15-5-11-19(12-6-15)27-13-14-1-3-16(4-2-14)21(25)26/h1-12H,13H2,(H,23,24)(H,25,26). The Morgan fingerprint density at radius 3 is 2.04 bits per heavy atom. The Morgan fingerprint density at radius 2 is 1.44 bits per heavy atom. The number of nitrogens with one attached hydrogen (secondary N) is 1. The zero-order chi connectivity index (χ0) is 19.2. The molecule has 0 spiro atoms. The quantitative estimate of drug-likeness (QED) is 0.681. The fraction of sp³-hybridized carbons (Fsp3) is 0.0476. The van der Waals surface area contributed by atoms with Crippen LogP contribution in [0.5, 0.6) is 5.75 Å². The van der Waals surface area contributed by atoms with Crippen LogP contribution < -0.4 is 10.1 Å². The largest absolute Gasteiger partial charge is 0.489 e. The van der Waals surface area contributed by atoms with Gasteiger partial charge < -0.3 is 15.2 Å². The van der Waals surface area contributed by atoms with Crippen LogP contribution in [0.15, 0.2) is 72.8 Å². The zero-order valence-electron chi connectivity index (χ0n) is 14.2. The molecule has 0 aliphatic rings. The number of carboxylic acids is 1. The van der Waals surface area contributed by atoms with Crippen molar-refractivity contribution in [1.82, 2.24) is 0 Å². The molecule has 0 aliphatic heterocycles. The van der Waals surface area contributed by atoms with Crippen LogP contribution >= 0.6 is 0 Å². The van der Waals surface area contributed by atoms with E-state index in [1.165, 1.54) is 36.4 Å². The Labute approximate surface area is 155 Å². The van der Waals surface area contributed by atoms with Gasteiger partial charge in [0.15, 0.2) is 0 Å². The highest BCUT2D eigenvalue weighted by atomic mass is 19.1. The Hall–Kier alpha value is -3.67. The number of carboxylic acid groups (broad SMARTS) is 1. The maximum Gasteiger partial charge on any atom is 0.335 e. The predicted octanol–water partition coefficient (Wildman–Crippen LogP) is 4.36. The number of hydrogen-bond donors (Lipinski definition) is 2. The first-order chi connectivity index (χ1) is 13.0. The summed E-state index contributed by atoms with van der Waals surface area (Å²) in [5.74, 6) is -1.07. The van der Waals surface area contributed by atoms with E-state index in [4.69, 9.17) is 9.84 Å². The molecule has 136 valence electrons. The fourth-order valence-corrected chi connectivity index (χ4v) is 2.35. The lowest BCUT2D eigenvalue weighted by atomic mass is 10.1. The van der Waals surface area contributed by atoms with Gasteiger partial charge in [-0.1, -0.05) is 12.1 Å². The molecule has 5 nitrogen and oxygen atoms in total. The molecule has 6 heteroatoms. The molecular formula is C21H16FNO4. The normalized spacial score (nSPS) is 10.3. The summed E-state index contributed by atoms with van der Waals surface area (Å²) in [6.45, 7) is 0.279. The van der Waals surface area contributed by atoms with E-state index < -0.39 is 5.97 Å². The predicted molar refractivity (Wildman–Crippen MR) is 98.5 cm³/mol. The topological polar surface area (TPSA) is 75.6 Å². The minimum absolute atomic E-state index is 0.218. The average Bonchev–Trinajstić information content (AvgIpc) is 2.69. The second-order valence-electron chi connectivity index (χ2n) is 5.78. The van der Waals surface area contributed by atoms with Crippen LogP contribution in [0.3, 0.4) is 0 Å². The number of carbonyl (C=O) groups excluding carboxylic acids is 1. The van der Waals surface area contributed by atoms with Crippen LogP contribution in [-0.4, -0.2) is 17.0 Å². The minimum Gasteiger partial charge on any atom is -0.489 e. The van der Waals surface area contributed by atoms with E-state index in [0.717, 1.165) is 5.56 Å². The van der Waals surface area contributed by atoms with Gasteiger partial charge in [0, 0.05) is 11.3 Å². The van der Waals surface area contributed by atoms with E-state index >= 15 is 0 Å². The van der Waals surface area contributed by atoms with Crippen LogP contribution in [-0.2, 0) is 6.61 Å². The van der Waals surface area contributed by atoms with Gasteiger partial charge in [0.25, 0.3) is 5.91 Å². The first-order valence-corrected chi connectivity index (χ1v) is 8.13. The molecule has 0 saturated carbocycles. The second kappa shape index (κ2) is 8.14. The molecule has 2 N–H and O–H groups in total. The molecule has 0 aliphatic carbocycles. The first-order valence-electron chi connectivity index (χ1n) is 8.13. The summed E-state index contributed by atoms with van der Waals surface area (Å²) >= 11 is 0. The number of aromatic carboxylic acids is 1. The molecule has 0 bridgehead atoms. The van der Waals surface area contributed by atoms with Crippen LogP contribution in [0.25, 0.3) is 0 Å². The van der Waals surface area contributed by atoms with Crippen molar-refractivity contribution < 1.29 is 23.8 Å². The number of rotatable bonds is 6. The summed E-state index contributed by atoms with van der Waals surface area (Å²) in [6.07, 6.45) is 0. The molecule has 0 fully saturated rings. The van der Waals surface area contributed by atoms with Crippen LogP contribution in [0.2, 0.25) is 0 Å². The fourth-order valence-electron chi connectivity index (χ4n) is 2.35.